The highest BCUT2D eigenvalue weighted by atomic mass is 16.5. The second kappa shape index (κ2) is 18.2. The zero-order valence-electron chi connectivity index (χ0n) is 23.4. The number of carbonyl (C=O) groups excluding carboxylic acids is 1. The molecule has 0 bridgehead atoms. The number of nitrogens with zero attached hydrogens (tertiary/aromatic N) is 1. The maximum absolute atomic E-state index is 13.0. The number of amides is 1. The normalized spacial score (nSPS) is 17.5. The Balaban J connectivity index is 1.35. The largest absolute Gasteiger partial charge is 0.371 e. The third-order valence-corrected chi connectivity index (χ3v) is 7.88. The van der Waals surface area contributed by atoms with Crippen LogP contribution in [0, 0.1) is 0 Å². The zero-order valence-corrected chi connectivity index (χ0v) is 23.4. The lowest BCUT2D eigenvalue weighted by Crippen LogP contribution is -2.37. The van der Waals surface area contributed by atoms with E-state index in [-0.39, 0.29) is 18.1 Å². The second-order valence-corrected chi connectivity index (χ2v) is 11.0. The standard InChI is InChI=1S/C34H51NO2/c1-2-3-4-5-6-7-8-9-10-11-12-13-14-21-26-32-33(37-29-31-24-19-16-20-25-31)27-34(36)35(32)28-30-22-17-15-18-23-30/h15-20,22-25,32-33H,2-14,21,26-29H2,1H3/t32-,33-/m0/s1. The van der Waals surface area contributed by atoms with Crippen molar-refractivity contribution in [1.82, 2.24) is 4.90 Å². The van der Waals surface area contributed by atoms with Crippen LogP contribution in [0.5, 0.6) is 0 Å². The SMILES string of the molecule is CCCCCCCCCCCCCCCC[C@H]1[C@@H](OCc2ccccc2)CC(=O)N1Cc1ccccc1. The summed E-state index contributed by atoms with van der Waals surface area (Å²) < 4.78 is 6.35. The van der Waals surface area contributed by atoms with Gasteiger partial charge in [-0.1, -0.05) is 157 Å². The van der Waals surface area contributed by atoms with Gasteiger partial charge < -0.3 is 9.64 Å². The van der Waals surface area contributed by atoms with Crippen LogP contribution in [0.4, 0.5) is 0 Å². The smallest absolute Gasteiger partial charge is 0.225 e. The molecular formula is C34H51NO2. The molecule has 0 N–H and O–H groups in total. The van der Waals surface area contributed by atoms with Gasteiger partial charge in [0, 0.05) is 6.54 Å². The van der Waals surface area contributed by atoms with Crippen molar-refractivity contribution >= 4 is 5.91 Å². The third kappa shape index (κ3) is 11.4. The van der Waals surface area contributed by atoms with Gasteiger partial charge in [0.25, 0.3) is 0 Å². The molecule has 1 fully saturated rings. The number of unbranched alkanes of at least 4 members (excludes halogenated alkanes) is 13. The predicted octanol–water partition coefficient (Wildman–Crippen LogP) is 9.24. The molecule has 3 heteroatoms. The van der Waals surface area contributed by atoms with Gasteiger partial charge in [-0.15, -0.1) is 0 Å². The van der Waals surface area contributed by atoms with Crippen LogP contribution in [0.1, 0.15) is 121 Å². The highest BCUT2D eigenvalue weighted by molar-refractivity contribution is 5.79. The zero-order chi connectivity index (χ0) is 26.0. The van der Waals surface area contributed by atoms with E-state index < -0.39 is 0 Å². The Kier molecular flexibility index (Phi) is 14.5. The summed E-state index contributed by atoms with van der Waals surface area (Å²) in [4.78, 5) is 15.1. The van der Waals surface area contributed by atoms with Crippen molar-refractivity contribution in [3.8, 4) is 0 Å². The molecule has 1 aliphatic heterocycles. The van der Waals surface area contributed by atoms with Crippen molar-refractivity contribution in [2.75, 3.05) is 0 Å². The van der Waals surface area contributed by atoms with Crippen molar-refractivity contribution in [3.63, 3.8) is 0 Å². The van der Waals surface area contributed by atoms with Crippen LogP contribution in [-0.2, 0) is 22.7 Å². The van der Waals surface area contributed by atoms with Crippen molar-refractivity contribution in [2.45, 2.75) is 135 Å². The van der Waals surface area contributed by atoms with E-state index in [1.807, 2.05) is 24.3 Å². The van der Waals surface area contributed by atoms with E-state index in [2.05, 4.69) is 48.2 Å². The summed E-state index contributed by atoms with van der Waals surface area (Å²) in [7, 11) is 0. The van der Waals surface area contributed by atoms with Gasteiger partial charge in [0.05, 0.1) is 25.2 Å². The first kappa shape index (κ1) is 29.4. The molecule has 2 atom stereocenters. The topological polar surface area (TPSA) is 29.5 Å². The number of hydrogen-bond donors (Lipinski definition) is 0. The van der Waals surface area contributed by atoms with Crippen molar-refractivity contribution in [1.29, 1.82) is 0 Å². The molecule has 0 saturated carbocycles. The number of ether oxygens (including phenoxy) is 1. The summed E-state index contributed by atoms with van der Waals surface area (Å²) in [6.07, 6.45) is 20.7. The minimum atomic E-state index is -0.0154. The number of benzene rings is 2. The number of hydrogen-bond acceptors (Lipinski definition) is 2. The molecule has 0 aromatic heterocycles. The molecule has 2 aromatic rings. The fraction of sp³-hybridized carbons (Fsp3) is 0.618. The Morgan fingerprint density at radius 1 is 0.676 bits per heavy atom. The summed E-state index contributed by atoms with van der Waals surface area (Å²) in [6.45, 7) is 3.55. The molecule has 0 spiro atoms. The Bertz CT molecular complexity index is 837. The van der Waals surface area contributed by atoms with E-state index in [1.165, 1.54) is 101 Å². The maximum atomic E-state index is 13.0. The molecule has 1 amide bonds. The first-order valence-corrected chi connectivity index (χ1v) is 15.3. The van der Waals surface area contributed by atoms with Gasteiger partial charge in [-0.05, 0) is 17.5 Å². The maximum Gasteiger partial charge on any atom is 0.225 e. The van der Waals surface area contributed by atoms with Crippen LogP contribution < -0.4 is 0 Å². The van der Waals surface area contributed by atoms with Crippen LogP contribution in [0.2, 0.25) is 0 Å². The van der Waals surface area contributed by atoms with Crippen LogP contribution in [0.15, 0.2) is 60.7 Å². The molecule has 3 nitrogen and oxygen atoms in total. The highest BCUT2D eigenvalue weighted by Crippen LogP contribution is 2.29. The first-order chi connectivity index (χ1) is 18.3. The molecule has 1 heterocycles. The van der Waals surface area contributed by atoms with Gasteiger partial charge in [0.2, 0.25) is 5.91 Å². The highest BCUT2D eigenvalue weighted by Gasteiger charge is 2.39. The summed E-state index contributed by atoms with van der Waals surface area (Å²) in [5.74, 6) is 0.234. The fourth-order valence-corrected chi connectivity index (χ4v) is 5.63. The molecule has 0 unspecified atom stereocenters. The minimum Gasteiger partial charge on any atom is -0.371 e. The Morgan fingerprint density at radius 3 is 1.70 bits per heavy atom. The number of carbonyl (C=O) groups is 1. The Morgan fingerprint density at radius 2 is 1.16 bits per heavy atom. The van der Waals surface area contributed by atoms with E-state index >= 15 is 0 Å². The number of rotatable bonds is 20. The first-order valence-electron chi connectivity index (χ1n) is 15.3. The molecule has 1 aliphatic rings. The molecule has 2 aromatic carbocycles. The molecule has 37 heavy (non-hydrogen) atoms. The molecule has 1 saturated heterocycles. The summed E-state index contributed by atoms with van der Waals surface area (Å²) in [5.41, 5.74) is 2.37. The fourth-order valence-electron chi connectivity index (χ4n) is 5.63. The molecular weight excluding hydrogens is 454 g/mol. The van der Waals surface area contributed by atoms with Gasteiger partial charge >= 0.3 is 0 Å². The quantitative estimate of drug-likeness (QED) is 0.168. The monoisotopic (exact) mass is 505 g/mol. The van der Waals surface area contributed by atoms with Crippen molar-refractivity contribution < 1.29 is 9.53 Å². The number of likely N-dealkylation sites (tertiary alicyclic amines) is 1. The summed E-state index contributed by atoms with van der Waals surface area (Å²) in [6, 6.07) is 20.9. The van der Waals surface area contributed by atoms with Crippen molar-refractivity contribution in [2.24, 2.45) is 0 Å². The predicted molar refractivity (Wildman–Crippen MR) is 155 cm³/mol. The van der Waals surface area contributed by atoms with Crippen LogP contribution >= 0.6 is 0 Å². The Hall–Kier alpha value is -2.13. The second-order valence-electron chi connectivity index (χ2n) is 11.0. The van der Waals surface area contributed by atoms with Crippen molar-refractivity contribution in [3.05, 3.63) is 71.8 Å². The van der Waals surface area contributed by atoms with Gasteiger partial charge in [-0.25, -0.2) is 0 Å². The molecule has 0 radical (unpaired) electrons. The molecule has 3 rings (SSSR count). The van der Waals surface area contributed by atoms with E-state index in [1.54, 1.807) is 0 Å². The molecule has 204 valence electrons. The van der Waals surface area contributed by atoms with E-state index in [0.717, 1.165) is 6.42 Å². The molecule has 0 aliphatic carbocycles. The van der Waals surface area contributed by atoms with E-state index in [9.17, 15) is 4.79 Å². The van der Waals surface area contributed by atoms with Crippen LogP contribution in [-0.4, -0.2) is 23.0 Å². The van der Waals surface area contributed by atoms with E-state index in [0.29, 0.717) is 19.6 Å². The van der Waals surface area contributed by atoms with Crippen LogP contribution in [0.25, 0.3) is 0 Å². The summed E-state index contributed by atoms with van der Waals surface area (Å²) >= 11 is 0. The average Bonchev–Trinajstić information content (AvgIpc) is 3.22. The lowest BCUT2D eigenvalue weighted by molar-refractivity contribution is -0.129. The summed E-state index contributed by atoms with van der Waals surface area (Å²) in [5, 5.41) is 0. The van der Waals surface area contributed by atoms with Gasteiger partial charge in [-0.3, -0.25) is 4.79 Å². The van der Waals surface area contributed by atoms with E-state index in [4.69, 9.17) is 4.74 Å². The third-order valence-electron chi connectivity index (χ3n) is 7.88. The Labute approximate surface area is 227 Å². The average molecular weight is 506 g/mol. The lowest BCUT2D eigenvalue weighted by Gasteiger charge is -2.28. The van der Waals surface area contributed by atoms with Crippen LogP contribution in [0.3, 0.4) is 0 Å². The van der Waals surface area contributed by atoms with Gasteiger partial charge in [0.15, 0.2) is 0 Å². The lowest BCUT2D eigenvalue weighted by atomic mass is 10.0. The minimum absolute atomic E-state index is 0.0154. The van der Waals surface area contributed by atoms with Gasteiger partial charge in [0.1, 0.15) is 0 Å². The van der Waals surface area contributed by atoms with Gasteiger partial charge in [-0.2, -0.15) is 0 Å².